The number of aromatic nitrogens is 1. The monoisotopic (exact) mass is 259 g/mol. The van der Waals surface area contributed by atoms with Gasteiger partial charge in [0.25, 0.3) is 0 Å². The first-order valence-electron chi connectivity index (χ1n) is 5.23. The lowest BCUT2D eigenvalue weighted by molar-refractivity contribution is -0.0858. The summed E-state index contributed by atoms with van der Waals surface area (Å²) in [4.78, 5) is 22.8. The minimum atomic E-state index is -1.48. The third-order valence-electron chi connectivity index (χ3n) is 2.70. The molecule has 0 bridgehead atoms. The summed E-state index contributed by atoms with van der Waals surface area (Å²) in [5, 5.41) is 1.84. The highest BCUT2D eigenvalue weighted by molar-refractivity contribution is 7.11. The number of hydroxylamine groups is 2. The molecule has 0 aliphatic carbocycles. The maximum Gasteiger partial charge on any atom is 0.346 e. The molecule has 1 unspecified atom stereocenters. The van der Waals surface area contributed by atoms with Crippen molar-refractivity contribution in [1.82, 2.24) is 14.9 Å². The van der Waals surface area contributed by atoms with Gasteiger partial charge in [0.1, 0.15) is 5.69 Å². The second-order valence-electron chi connectivity index (χ2n) is 3.78. The second kappa shape index (κ2) is 4.58. The van der Waals surface area contributed by atoms with Crippen LogP contribution in [0.2, 0.25) is 0 Å². The van der Waals surface area contributed by atoms with Gasteiger partial charge in [-0.3, -0.25) is 9.74 Å². The number of fused-ring (bicyclic) bond motifs is 1. The topological polar surface area (TPSA) is 45.7 Å². The van der Waals surface area contributed by atoms with E-state index in [9.17, 15) is 9.18 Å². The van der Waals surface area contributed by atoms with Gasteiger partial charge in [0, 0.05) is 24.9 Å². The lowest BCUT2D eigenvalue weighted by atomic mass is 10.2. The van der Waals surface area contributed by atoms with Crippen molar-refractivity contribution in [2.24, 2.45) is 0 Å². The number of halogens is 1. The van der Waals surface area contributed by atoms with Crippen LogP contribution in [0.1, 0.15) is 21.9 Å². The Morgan fingerprint density at radius 3 is 3.06 bits per heavy atom. The van der Waals surface area contributed by atoms with Crippen molar-refractivity contribution in [2.75, 3.05) is 20.7 Å². The molecule has 1 atom stereocenters. The molecule has 2 rings (SSSR count). The number of urea groups is 1. The van der Waals surface area contributed by atoms with E-state index in [2.05, 4.69) is 4.98 Å². The first-order chi connectivity index (χ1) is 8.04. The summed E-state index contributed by atoms with van der Waals surface area (Å²) in [7, 11) is 2.82. The summed E-state index contributed by atoms with van der Waals surface area (Å²) < 4.78 is 14.2. The van der Waals surface area contributed by atoms with Crippen LogP contribution in [0.15, 0.2) is 0 Å². The molecule has 5 nitrogen and oxygen atoms in total. The van der Waals surface area contributed by atoms with Crippen LogP contribution in [-0.2, 0) is 11.3 Å². The minimum absolute atomic E-state index is 0.350. The number of carbonyl (C=O) groups excluding carboxylic acids is 1. The number of carbonyl (C=O) groups is 1. The van der Waals surface area contributed by atoms with Gasteiger partial charge in [-0.05, 0) is 6.92 Å². The smallest absolute Gasteiger partial charge is 0.287 e. The Labute approximate surface area is 103 Å². The van der Waals surface area contributed by atoms with E-state index in [0.29, 0.717) is 18.7 Å². The Kier molecular flexibility index (Phi) is 3.30. The van der Waals surface area contributed by atoms with Gasteiger partial charge in [0.05, 0.1) is 12.1 Å². The van der Waals surface area contributed by atoms with Crippen LogP contribution in [-0.4, -0.2) is 41.7 Å². The molecule has 1 aromatic rings. The predicted molar refractivity (Wildman–Crippen MR) is 61.3 cm³/mol. The Hall–Kier alpha value is -1.21. The highest BCUT2D eigenvalue weighted by atomic mass is 32.1. The van der Waals surface area contributed by atoms with E-state index in [0.717, 1.165) is 19.8 Å². The van der Waals surface area contributed by atoms with Crippen molar-refractivity contribution in [3.63, 3.8) is 0 Å². The molecule has 94 valence electrons. The Balaban J connectivity index is 2.22. The third-order valence-corrected chi connectivity index (χ3v) is 3.75. The number of alkyl halides is 1. The van der Waals surface area contributed by atoms with Gasteiger partial charge in [0.15, 0.2) is 0 Å². The molecule has 7 heteroatoms. The highest BCUT2D eigenvalue weighted by Gasteiger charge is 2.35. The molecule has 0 aromatic carbocycles. The van der Waals surface area contributed by atoms with Gasteiger partial charge in [-0.1, -0.05) is 0 Å². The normalized spacial score (nSPS) is 19.1. The van der Waals surface area contributed by atoms with Crippen molar-refractivity contribution in [2.45, 2.75) is 19.6 Å². The van der Waals surface area contributed by atoms with Crippen molar-refractivity contribution in [1.29, 1.82) is 0 Å². The first kappa shape index (κ1) is 12.3. The molecule has 1 aromatic heterocycles. The van der Waals surface area contributed by atoms with Crippen LogP contribution in [0, 0.1) is 6.92 Å². The molecule has 0 spiro atoms. The number of aryl methyl sites for hydroxylation is 1. The van der Waals surface area contributed by atoms with Crippen molar-refractivity contribution < 1.29 is 14.0 Å². The molecule has 0 radical (unpaired) electrons. The molecule has 1 aliphatic heterocycles. The van der Waals surface area contributed by atoms with Crippen LogP contribution >= 0.6 is 11.3 Å². The van der Waals surface area contributed by atoms with E-state index in [-0.39, 0.29) is 0 Å². The number of thiazole rings is 1. The van der Waals surface area contributed by atoms with Gasteiger partial charge in [0.2, 0.25) is 6.30 Å². The van der Waals surface area contributed by atoms with Gasteiger partial charge >= 0.3 is 6.03 Å². The van der Waals surface area contributed by atoms with Crippen molar-refractivity contribution >= 4 is 17.4 Å². The number of rotatable bonds is 1. The van der Waals surface area contributed by atoms with Gasteiger partial charge in [-0.15, -0.1) is 11.3 Å². The van der Waals surface area contributed by atoms with E-state index in [1.165, 1.54) is 25.5 Å². The molecule has 17 heavy (non-hydrogen) atoms. The largest absolute Gasteiger partial charge is 0.346 e. The summed E-state index contributed by atoms with van der Waals surface area (Å²) in [6.45, 7) is 2.19. The van der Waals surface area contributed by atoms with Crippen LogP contribution in [0.3, 0.4) is 0 Å². The minimum Gasteiger partial charge on any atom is -0.287 e. The zero-order valence-corrected chi connectivity index (χ0v) is 10.8. The summed E-state index contributed by atoms with van der Waals surface area (Å²) >= 11 is 1.49. The fraction of sp³-hybridized carbons (Fsp3) is 0.600. The molecule has 0 N–H and O–H groups in total. The number of hydrogen-bond donors (Lipinski definition) is 0. The zero-order valence-electron chi connectivity index (χ0n) is 9.94. The Morgan fingerprint density at radius 1 is 1.71 bits per heavy atom. The highest BCUT2D eigenvalue weighted by Crippen LogP contribution is 2.34. The SMILES string of the molecule is CON(C)C(=O)N1CCc2sc(C)nc2C1F. The molecule has 2 amide bonds. The fourth-order valence-corrected chi connectivity index (χ4v) is 2.73. The fourth-order valence-electron chi connectivity index (χ4n) is 1.79. The molecule has 0 saturated heterocycles. The molecular formula is C10H14FN3O2S. The molecule has 0 saturated carbocycles. The van der Waals surface area contributed by atoms with E-state index in [1.54, 1.807) is 0 Å². The quantitative estimate of drug-likeness (QED) is 0.571. The van der Waals surface area contributed by atoms with Crippen LogP contribution in [0.4, 0.5) is 9.18 Å². The summed E-state index contributed by atoms with van der Waals surface area (Å²) in [6, 6.07) is -0.490. The Morgan fingerprint density at radius 2 is 2.41 bits per heavy atom. The van der Waals surface area contributed by atoms with Gasteiger partial charge < -0.3 is 0 Å². The standard InChI is InChI=1S/C10H14FN3O2S/c1-6-12-8-7(17-6)4-5-14(9(8)11)10(15)13(2)16-3/h9H,4-5H2,1-3H3. The summed E-state index contributed by atoms with van der Waals surface area (Å²) in [5.41, 5.74) is 0.372. The van der Waals surface area contributed by atoms with Crippen LogP contribution < -0.4 is 0 Å². The van der Waals surface area contributed by atoms with Crippen molar-refractivity contribution in [3.05, 3.63) is 15.6 Å². The van der Waals surface area contributed by atoms with Crippen molar-refractivity contribution in [3.8, 4) is 0 Å². The number of hydrogen-bond acceptors (Lipinski definition) is 4. The molecule has 2 heterocycles. The van der Waals surface area contributed by atoms with Gasteiger partial charge in [-0.25, -0.2) is 19.2 Å². The summed E-state index contributed by atoms with van der Waals surface area (Å²) in [5.74, 6) is 0. The number of amides is 2. The van der Waals surface area contributed by atoms with E-state index >= 15 is 0 Å². The van der Waals surface area contributed by atoms with E-state index < -0.39 is 12.3 Å². The predicted octanol–water partition coefficient (Wildman–Crippen LogP) is 1.89. The maximum absolute atomic E-state index is 14.2. The zero-order chi connectivity index (χ0) is 12.6. The van der Waals surface area contributed by atoms with E-state index in [4.69, 9.17) is 4.84 Å². The third kappa shape index (κ3) is 2.12. The lowest BCUT2D eigenvalue weighted by Gasteiger charge is -2.31. The van der Waals surface area contributed by atoms with Crippen LogP contribution in [0.5, 0.6) is 0 Å². The Bertz CT molecular complexity index is 437. The molecular weight excluding hydrogens is 245 g/mol. The maximum atomic E-state index is 14.2. The number of nitrogens with zero attached hydrogens (tertiary/aromatic N) is 3. The second-order valence-corrected chi connectivity index (χ2v) is 5.07. The first-order valence-corrected chi connectivity index (χ1v) is 6.05. The average molecular weight is 259 g/mol. The molecule has 1 aliphatic rings. The summed E-state index contributed by atoms with van der Waals surface area (Å²) in [6.07, 6.45) is -0.835. The van der Waals surface area contributed by atoms with Gasteiger partial charge in [-0.2, -0.15) is 0 Å². The van der Waals surface area contributed by atoms with E-state index in [1.807, 2.05) is 6.92 Å². The molecule has 0 fully saturated rings. The average Bonchev–Trinajstić information content (AvgIpc) is 2.69. The lowest BCUT2D eigenvalue weighted by Crippen LogP contribution is -2.44. The van der Waals surface area contributed by atoms with Crippen LogP contribution in [0.25, 0.3) is 0 Å².